The zero-order valence-corrected chi connectivity index (χ0v) is 19.4. The van der Waals surface area contributed by atoms with Gasteiger partial charge in [0.2, 0.25) is 5.69 Å². The first-order valence-corrected chi connectivity index (χ1v) is 11.0. The number of hydrogen-bond donors (Lipinski definition) is 1. The quantitative estimate of drug-likeness (QED) is 0.462. The number of nitrogens with zero attached hydrogens (tertiary/aromatic N) is 4. The number of pyridine rings is 1. The first-order valence-electron chi connectivity index (χ1n) is 10.6. The summed E-state index contributed by atoms with van der Waals surface area (Å²) in [4.78, 5) is 43.6. The lowest BCUT2D eigenvalue weighted by molar-refractivity contribution is 0.0940. The third-order valence-electron chi connectivity index (χ3n) is 5.25. The van der Waals surface area contributed by atoms with Gasteiger partial charge in [-0.05, 0) is 49.2 Å². The minimum absolute atomic E-state index is 0.0119. The Bertz CT molecular complexity index is 1480. The monoisotopic (exact) mass is 475 g/mol. The predicted octanol–water partition coefficient (Wildman–Crippen LogP) is 3.04. The highest BCUT2D eigenvalue weighted by molar-refractivity contribution is 6.31. The molecular weight excluding hydrogens is 454 g/mol. The SMILES string of the molecule is Cc1cccc(Cn2c(=O)c(C(=O)NCc3ccccn3)nn(-c3ccc(C)c(Cl)c3)c2=O)c1. The van der Waals surface area contributed by atoms with E-state index in [1.165, 1.54) is 0 Å². The Kier molecular flexibility index (Phi) is 6.70. The van der Waals surface area contributed by atoms with Crippen molar-refractivity contribution in [2.45, 2.75) is 26.9 Å². The summed E-state index contributed by atoms with van der Waals surface area (Å²) in [6.45, 7) is 3.84. The van der Waals surface area contributed by atoms with Crippen LogP contribution in [0.5, 0.6) is 0 Å². The third kappa shape index (κ3) is 4.97. The largest absolute Gasteiger partial charge is 0.352 e. The summed E-state index contributed by atoms with van der Waals surface area (Å²) in [5.74, 6) is -0.708. The van der Waals surface area contributed by atoms with Crippen molar-refractivity contribution >= 4 is 17.5 Å². The van der Waals surface area contributed by atoms with Gasteiger partial charge in [-0.25, -0.2) is 4.79 Å². The van der Waals surface area contributed by atoms with Crippen LogP contribution >= 0.6 is 11.6 Å². The lowest BCUT2D eigenvalue weighted by atomic mass is 10.1. The standard InChI is InChI=1S/C25H22ClN5O3/c1-16-6-5-7-18(12-16)15-30-24(33)22(23(32)28-14-19-8-3-4-11-27-19)29-31(25(30)34)20-10-9-17(2)21(26)13-20/h3-13H,14-15H2,1-2H3,(H,28,32). The molecule has 1 amide bonds. The van der Waals surface area contributed by atoms with Gasteiger partial charge in [-0.2, -0.15) is 9.78 Å². The van der Waals surface area contributed by atoms with Crippen LogP contribution in [-0.4, -0.2) is 25.2 Å². The van der Waals surface area contributed by atoms with E-state index < -0.39 is 22.9 Å². The lowest BCUT2D eigenvalue weighted by Crippen LogP contribution is -2.46. The van der Waals surface area contributed by atoms with Crippen molar-refractivity contribution in [1.29, 1.82) is 0 Å². The van der Waals surface area contributed by atoms with Crippen molar-refractivity contribution in [3.8, 4) is 5.69 Å². The molecule has 0 fully saturated rings. The molecule has 4 aromatic rings. The third-order valence-corrected chi connectivity index (χ3v) is 5.66. The van der Waals surface area contributed by atoms with Crippen molar-refractivity contribution in [2.75, 3.05) is 0 Å². The number of halogens is 1. The second-order valence-corrected chi connectivity index (χ2v) is 8.27. The fraction of sp³-hybridized carbons (Fsp3) is 0.160. The summed E-state index contributed by atoms with van der Waals surface area (Å²) in [5.41, 5.74) is 1.66. The molecule has 0 spiro atoms. The molecule has 0 atom stereocenters. The molecule has 0 aliphatic heterocycles. The number of carbonyl (C=O) groups is 1. The highest BCUT2D eigenvalue weighted by atomic mass is 35.5. The van der Waals surface area contributed by atoms with Gasteiger partial charge in [0, 0.05) is 11.2 Å². The number of aromatic nitrogens is 4. The molecule has 0 radical (unpaired) electrons. The number of carbonyl (C=O) groups excluding carboxylic acids is 1. The number of amides is 1. The number of hydrogen-bond acceptors (Lipinski definition) is 5. The van der Waals surface area contributed by atoms with Crippen LogP contribution in [0.25, 0.3) is 5.69 Å². The Morgan fingerprint density at radius 3 is 2.56 bits per heavy atom. The minimum Gasteiger partial charge on any atom is -0.345 e. The summed E-state index contributed by atoms with van der Waals surface area (Å²) in [6, 6.07) is 17.7. The molecular formula is C25H22ClN5O3. The smallest absolute Gasteiger partial charge is 0.345 e. The molecule has 34 heavy (non-hydrogen) atoms. The van der Waals surface area contributed by atoms with Gasteiger partial charge < -0.3 is 5.32 Å². The van der Waals surface area contributed by atoms with Crippen LogP contribution in [0, 0.1) is 13.8 Å². The van der Waals surface area contributed by atoms with Crippen LogP contribution in [0.2, 0.25) is 5.02 Å². The molecule has 9 heteroatoms. The molecule has 0 saturated carbocycles. The molecule has 0 aliphatic carbocycles. The first-order chi connectivity index (χ1) is 16.3. The second kappa shape index (κ2) is 9.84. The maximum absolute atomic E-state index is 13.3. The van der Waals surface area contributed by atoms with Crippen molar-refractivity contribution in [3.05, 3.63) is 121 Å². The van der Waals surface area contributed by atoms with Gasteiger partial charge in [0.25, 0.3) is 11.5 Å². The summed E-state index contributed by atoms with van der Waals surface area (Å²) in [6.07, 6.45) is 1.61. The average molecular weight is 476 g/mol. The Balaban J connectivity index is 1.81. The van der Waals surface area contributed by atoms with Crippen LogP contribution in [-0.2, 0) is 13.1 Å². The highest BCUT2D eigenvalue weighted by Gasteiger charge is 2.21. The highest BCUT2D eigenvalue weighted by Crippen LogP contribution is 2.18. The van der Waals surface area contributed by atoms with Crippen molar-refractivity contribution in [2.24, 2.45) is 0 Å². The molecule has 4 rings (SSSR count). The Hall–Kier alpha value is -4.04. The number of nitrogens with one attached hydrogen (secondary N) is 1. The molecule has 2 aromatic carbocycles. The second-order valence-electron chi connectivity index (χ2n) is 7.86. The summed E-state index contributed by atoms with van der Waals surface area (Å²) in [5, 5.41) is 7.21. The van der Waals surface area contributed by atoms with Gasteiger partial charge in [0.15, 0.2) is 0 Å². The van der Waals surface area contributed by atoms with Crippen LogP contribution in [0.1, 0.15) is 32.9 Å². The maximum atomic E-state index is 13.3. The van der Waals surface area contributed by atoms with E-state index in [-0.39, 0.29) is 13.1 Å². The van der Waals surface area contributed by atoms with Gasteiger partial charge in [0.05, 0.1) is 24.5 Å². The van der Waals surface area contributed by atoms with E-state index in [9.17, 15) is 14.4 Å². The Morgan fingerprint density at radius 1 is 1.03 bits per heavy atom. The van der Waals surface area contributed by atoms with E-state index in [2.05, 4.69) is 15.4 Å². The molecule has 0 bridgehead atoms. The lowest BCUT2D eigenvalue weighted by Gasteiger charge is -2.13. The Labute approximate surface area is 200 Å². The molecule has 0 saturated heterocycles. The van der Waals surface area contributed by atoms with Crippen molar-refractivity contribution in [3.63, 3.8) is 0 Å². The van der Waals surface area contributed by atoms with Crippen LogP contribution in [0.4, 0.5) is 0 Å². The fourth-order valence-electron chi connectivity index (χ4n) is 3.43. The molecule has 172 valence electrons. The molecule has 1 N–H and O–H groups in total. The summed E-state index contributed by atoms with van der Waals surface area (Å²) in [7, 11) is 0. The van der Waals surface area contributed by atoms with E-state index in [1.54, 1.807) is 42.6 Å². The maximum Gasteiger partial charge on any atom is 0.352 e. The topological polar surface area (TPSA) is 98.9 Å². The average Bonchev–Trinajstić information content (AvgIpc) is 2.83. The van der Waals surface area contributed by atoms with E-state index in [1.807, 2.05) is 38.1 Å². The molecule has 8 nitrogen and oxygen atoms in total. The summed E-state index contributed by atoms with van der Waals surface area (Å²) >= 11 is 6.26. The molecule has 2 heterocycles. The molecule has 0 unspecified atom stereocenters. The number of rotatable bonds is 6. The molecule has 0 aliphatic rings. The van der Waals surface area contributed by atoms with E-state index >= 15 is 0 Å². The number of benzene rings is 2. The van der Waals surface area contributed by atoms with Gasteiger partial charge in [-0.1, -0.05) is 53.6 Å². The van der Waals surface area contributed by atoms with Gasteiger partial charge in [0.1, 0.15) is 0 Å². The zero-order chi connectivity index (χ0) is 24.2. The minimum atomic E-state index is -0.778. The molecule has 2 aromatic heterocycles. The van der Waals surface area contributed by atoms with E-state index in [4.69, 9.17) is 11.6 Å². The van der Waals surface area contributed by atoms with Crippen molar-refractivity contribution in [1.82, 2.24) is 24.6 Å². The van der Waals surface area contributed by atoms with Crippen LogP contribution in [0.3, 0.4) is 0 Å². The van der Waals surface area contributed by atoms with Gasteiger partial charge in [-0.15, -0.1) is 0 Å². The van der Waals surface area contributed by atoms with E-state index in [0.717, 1.165) is 25.9 Å². The van der Waals surface area contributed by atoms with E-state index in [0.29, 0.717) is 16.4 Å². The zero-order valence-electron chi connectivity index (χ0n) is 18.7. The van der Waals surface area contributed by atoms with Crippen molar-refractivity contribution < 1.29 is 4.79 Å². The Morgan fingerprint density at radius 2 is 1.85 bits per heavy atom. The van der Waals surface area contributed by atoms with Gasteiger partial charge >= 0.3 is 5.69 Å². The van der Waals surface area contributed by atoms with Crippen LogP contribution in [0.15, 0.2) is 76.4 Å². The summed E-state index contributed by atoms with van der Waals surface area (Å²) < 4.78 is 2.03. The number of aryl methyl sites for hydroxylation is 2. The normalized spacial score (nSPS) is 10.8. The predicted molar refractivity (Wildman–Crippen MR) is 130 cm³/mol. The van der Waals surface area contributed by atoms with Gasteiger partial charge in [-0.3, -0.25) is 19.1 Å². The first kappa shape index (κ1) is 23.1. The van der Waals surface area contributed by atoms with Crippen LogP contribution < -0.4 is 16.6 Å². The fourth-order valence-corrected chi connectivity index (χ4v) is 3.60.